The second kappa shape index (κ2) is 7.87. The first-order chi connectivity index (χ1) is 13.7. The molecule has 4 aromatic heterocycles. The highest BCUT2D eigenvalue weighted by atomic mass is 16.5. The van der Waals surface area contributed by atoms with Crippen molar-refractivity contribution in [1.29, 1.82) is 0 Å². The van der Waals surface area contributed by atoms with Crippen molar-refractivity contribution in [3.63, 3.8) is 0 Å². The van der Waals surface area contributed by atoms with Crippen molar-refractivity contribution in [2.45, 2.75) is 13.5 Å². The highest BCUT2D eigenvalue weighted by molar-refractivity contribution is 5.73. The predicted octanol–water partition coefficient (Wildman–Crippen LogP) is 4.13. The summed E-state index contributed by atoms with van der Waals surface area (Å²) in [7, 11) is 0. The van der Waals surface area contributed by atoms with Crippen molar-refractivity contribution in [2.75, 3.05) is 6.61 Å². The lowest BCUT2D eigenvalue weighted by Crippen LogP contribution is -1.99. The van der Waals surface area contributed by atoms with Crippen LogP contribution in [0.5, 0.6) is 11.5 Å². The molecule has 0 amide bonds. The summed E-state index contributed by atoms with van der Waals surface area (Å²) >= 11 is 0. The number of nitrogens with zero attached hydrogens (tertiary/aromatic N) is 4. The molecule has 7 heteroatoms. The molecule has 4 aromatic rings. The lowest BCUT2D eigenvalue weighted by molar-refractivity contribution is 0.299. The molecular weight excluding hydrogens is 356 g/mol. The zero-order valence-electron chi connectivity index (χ0n) is 15.3. The minimum Gasteiger partial charge on any atom is -0.488 e. The first kappa shape index (κ1) is 17.7. The number of ether oxygens (including phenoxy) is 2. The standard InChI is InChI=1S/C21H18N4O3/c1-3-8-26-16-5-4-15(23-11-16)13-27-17-10-19-20(24-12-17)28-21(25-19)18-9-14(2)6-7-22-18/h3-7,9-12H,1,8,13H2,2H3. The van der Waals surface area contributed by atoms with E-state index in [0.717, 1.165) is 11.3 Å². The quantitative estimate of drug-likeness (QED) is 0.450. The van der Waals surface area contributed by atoms with Gasteiger partial charge < -0.3 is 13.9 Å². The van der Waals surface area contributed by atoms with Gasteiger partial charge in [0.25, 0.3) is 0 Å². The van der Waals surface area contributed by atoms with Crippen molar-refractivity contribution in [2.24, 2.45) is 0 Å². The predicted molar refractivity (Wildman–Crippen MR) is 104 cm³/mol. The molecule has 0 saturated carbocycles. The molecule has 0 N–H and O–H groups in total. The van der Waals surface area contributed by atoms with Crippen molar-refractivity contribution in [3.8, 4) is 23.1 Å². The van der Waals surface area contributed by atoms with E-state index in [1.165, 1.54) is 0 Å². The maximum atomic E-state index is 5.78. The van der Waals surface area contributed by atoms with E-state index >= 15 is 0 Å². The number of hydrogen-bond acceptors (Lipinski definition) is 7. The van der Waals surface area contributed by atoms with Crippen LogP contribution in [0.3, 0.4) is 0 Å². The number of oxazole rings is 1. The van der Waals surface area contributed by atoms with Crippen molar-refractivity contribution in [3.05, 3.63) is 72.8 Å². The highest BCUT2D eigenvalue weighted by Crippen LogP contribution is 2.25. The average Bonchev–Trinajstić information content (AvgIpc) is 3.15. The van der Waals surface area contributed by atoms with Gasteiger partial charge in [-0.3, -0.25) is 9.97 Å². The van der Waals surface area contributed by atoms with Crippen LogP contribution in [0.1, 0.15) is 11.3 Å². The fourth-order valence-electron chi connectivity index (χ4n) is 2.54. The van der Waals surface area contributed by atoms with Gasteiger partial charge in [0.2, 0.25) is 11.6 Å². The molecule has 0 atom stereocenters. The lowest BCUT2D eigenvalue weighted by atomic mass is 10.2. The highest BCUT2D eigenvalue weighted by Gasteiger charge is 2.12. The minimum absolute atomic E-state index is 0.305. The summed E-state index contributed by atoms with van der Waals surface area (Å²) in [6, 6.07) is 9.31. The van der Waals surface area contributed by atoms with E-state index in [9.17, 15) is 0 Å². The van der Waals surface area contributed by atoms with Crippen LogP contribution in [0.15, 0.2) is 66.0 Å². The van der Waals surface area contributed by atoms with Gasteiger partial charge in [-0.2, -0.15) is 0 Å². The number of pyridine rings is 3. The van der Waals surface area contributed by atoms with Gasteiger partial charge in [-0.1, -0.05) is 12.7 Å². The molecule has 0 unspecified atom stereocenters. The normalized spacial score (nSPS) is 10.8. The molecule has 0 aliphatic heterocycles. The van der Waals surface area contributed by atoms with Crippen LogP contribution in [0, 0.1) is 6.92 Å². The number of hydrogen-bond donors (Lipinski definition) is 0. The van der Waals surface area contributed by atoms with Crippen LogP contribution in [-0.2, 0) is 6.61 Å². The molecule has 0 radical (unpaired) electrons. The van der Waals surface area contributed by atoms with E-state index in [1.54, 1.807) is 30.7 Å². The molecule has 0 aliphatic carbocycles. The van der Waals surface area contributed by atoms with Crippen molar-refractivity contribution < 1.29 is 13.9 Å². The maximum absolute atomic E-state index is 5.78. The molecular formula is C21H18N4O3. The summed E-state index contributed by atoms with van der Waals surface area (Å²) in [5.41, 5.74) is 3.57. The van der Waals surface area contributed by atoms with Gasteiger partial charge in [0.05, 0.1) is 18.1 Å². The molecule has 140 valence electrons. The summed E-state index contributed by atoms with van der Waals surface area (Å²) in [5.74, 6) is 1.70. The van der Waals surface area contributed by atoms with E-state index in [4.69, 9.17) is 13.9 Å². The van der Waals surface area contributed by atoms with Crippen LogP contribution in [0.25, 0.3) is 22.8 Å². The maximum Gasteiger partial charge on any atom is 0.248 e. The Balaban J connectivity index is 1.46. The van der Waals surface area contributed by atoms with Gasteiger partial charge in [-0.05, 0) is 36.8 Å². The zero-order valence-corrected chi connectivity index (χ0v) is 15.3. The van der Waals surface area contributed by atoms with Crippen LogP contribution >= 0.6 is 0 Å². The third-order valence-electron chi connectivity index (χ3n) is 3.91. The van der Waals surface area contributed by atoms with Gasteiger partial charge in [0.15, 0.2) is 0 Å². The summed E-state index contributed by atoms with van der Waals surface area (Å²) in [6.07, 6.45) is 6.66. The van der Waals surface area contributed by atoms with Crippen LogP contribution in [0.2, 0.25) is 0 Å². The molecule has 0 saturated heterocycles. The largest absolute Gasteiger partial charge is 0.488 e. The molecule has 28 heavy (non-hydrogen) atoms. The molecule has 0 spiro atoms. The number of fused-ring (bicyclic) bond motifs is 1. The second-order valence-corrected chi connectivity index (χ2v) is 6.11. The first-order valence-corrected chi connectivity index (χ1v) is 8.72. The van der Waals surface area contributed by atoms with Crippen LogP contribution in [-0.4, -0.2) is 26.5 Å². The zero-order chi connectivity index (χ0) is 19.3. The van der Waals surface area contributed by atoms with E-state index in [2.05, 4.69) is 26.5 Å². The van der Waals surface area contributed by atoms with Gasteiger partial charge in [0, 0.05) is 12.3 Å². The number of aryl methyl sites for hydroxylation is 1. The number of rotatable bonds is 7. The minimum atomic E-state index is 0.305. The Bertz CT molecular complexity index is 1110. The third-order valence-corrected chi connectivity index (χ3v) is 3.91. The molecule has 4 heterocycles. The Labute approximate surface area is 161 Å². The molecule has 0 aromatic carbocycles. The van der Waals surface area contributed by atoms with Gasteiger partial charge in [-0.15, -0.1) is 0 Å². The van der Waals surface area contributed by atoms with E-state index in [0.29, 0.717) is 47.5 Å². The van der Waals surface area contributed by atoms with Gasteiger partial charge in [-0.25, -0.2) is 9.97 Å². The van der Waals surface area contributed by atoms with Crippen molar-refractivity contribution in [1.82, 2.24) is 19.9 Å². The lowest BCUT2D eigenvalue weighted by Gasteiger charge is -2.06. The van der Waals surface area contributed by atoms with E-state index in [-0.39, 0.29) is 0 Å². The fraction of sp³-hybridized carbons (Fsp3) is 0.143. The molecule has 0 fully saturated rings. The third kappa shape index (κ3) is 3.98. The molecule has 0 bridgehead atoms. The Morgan fingerprint density at radius 1 is 1.04 bits per heavy atom. The monoisotopic (exact) mass is 374 g/mol. The molecule has 7 nitrogen and oxygen atoms in total. The SMILES string of the molecule is C=CCOc1ccc(COc2cnc3oc(-c4cc(C)ccn4)nc3c2)nc1. The first-order valence-electron chi connectivity index (χ1n) is 8.72. The van der Waals surface area contributed by atoms with Gasteiger partial charge >= 0.3 is 0 Å². The topological polar surface area (TPSA) is 83.2 Å². The molecule has 0 aliphatic rings. The Morgan fingerprint density at radius 2 is 1.93 bits per heavy atom. The Kier molecular flexibility index (Phi) is 4.97. The summed E-state index contributed by atoms with van der Waals surface area (Å²) < 4.78 is 16.9. The number of aromatic nitrogens is 4. The fourth-order valence-corrected chi connectivity index (χ4v) is 2.54. The second-order valence-electron chi connectivity index (χ2n) is 6.11. The summed E-state index contributed by atoms with van der Waals surface area (Å²) in [6.45, 7) is 6.35. The average molecular weight is 374 g/mol. The Hall–Kier alpha value is -3.74. The summed E-state index contributed by atoms with van der Waals surface area (Å²) in [4.78, 5) is 17.3. The van der Waals surface area contributed by atoms with E-state index in [1.807, 2.05) is 31.2 Å². The van der Waals surface area contributed by atoms with Crippen LogP contribution < -0.4 is 9.47 Å². The Morgan fingerprint density at radius 3 is 2.71 bits per heavy atom. The van der Waals surface area contributed by atoms with Crippen molar-refractivity contribution >= 4 is 11.2 Å². The van der Waals surface area contributed by atoms with Crippen LogP contribution in [0.4, 0.5) is 0 Å². The van der Waals surface area contributed by atoms with Gasteiger partial charge in [0.1, 0.15) is 35.9 Å². The smallest absolute Gasteiger partial charge is 0.248 e. The molecule has 4 rings (SSSR count). The summed E-state index contributed by atoms with van der Waals surface area (Å²) in [5, 5.41) is 0. The van der Waals surface area contributed by atoms with E-state index < -0.39 is 0 Å².